The van der Waals surface area contributed by atoms with E-state index in [2.05, 4.69) is 161 Å². The number of rotatable bonds is 3. The summed E-state index contributed by atoms with van der Waals surface area (Å²) in [6, 6.07) is 60.5. The minimum Gasteiger partial charge on any atom is -0.437 e. The quantitative estimate of drug-likeness (QED) is 0.184. The maximum absolute atomic E-state index is 6.58. The van der Waals surface area contributed by atoms with Crippen LogP contribution in [-0.4, -0.2) is 18.9 Å². The Labute approximate surface area is 313 Å². The normalized spacial score (nSPS) is 12.4. The Bertz CT molecular complexity index is 3700. The van der Waals surface area contributed by atoms with Crippen molar-refractivity contribution in [1.82, 2.24) is 18.9 Å². The summed E-state index contributed by atoms with van der Waals surface area (Å²) >= 11 is 0. The Balaban J connectivity index is 1.21. The average Bonchev–Trinajstić information content (AvgIpc) is 3.99. The van der Waals surface area contributed by atoms with Gasteiger partial charge in [-0.15, -0.1) is 0 Å². The smallest absolute Gasteiger partial charge is 0.233 e. The molecule has 13 aromatic rings. The van der Waals surface area contributed by atoms with E-state index in [4.69, 9.17) is 14.4 Å². The largest absolute Gasteiger partial charge is 0.437 e. The van der Waals surface area contributed by atoms with Crippen LogP contribution in [0.15, 0.2) is 174 Å². The monoisotopic (exact) mass is 700 g/mol. The number of furan rings is 1. The van der Waals surface area contributed by atoms with Crippen molar-refractivity contribution < 1.29 is 4.42 Å². The molecule has 0 saturated heterocycles. The van der Waals surface area contributed by atoms with Crippen molar-refractivity contribution in [2.75, 3.05) is 0 Å². The highest BCUT2D eigenvalue weighted by Gasteiger charge is 2.27. The molecule has 5 nitrogen and oxygen atoms in total. The number of hydrogen-bond acceptors (Lipinski definition) is 3. The third-order valence-electron chi connectivity index (χ3n) is 11.7. The fourth-order valence-corrected chi connectivity index (χ4v) is 9.31. The number of fused-ring (bicyclic) bond motifs is 15. The van der Waals surface area contributed by atoms with Gasteiger partial charge in [0.2, 0.25) is 5.71 Å². The fourth-order valence-electron chi connectivity index (χ4n) is 9.31. The Kier molecular flexibility index (Phi) is 5.57. The maximum Gasteiger partial charge on any atom is 0.233 e. The molecule has 0 amide bonds. The molecule has 0 radical (unpaired) electrons. The summed E-state index contributed by atoms with van der Waals surface area (Å²) in [5, 5.41) is 11.7. The minimum atomic E-state index is 0.567. The summed E-state index contributed by atoms with van der Waals surface area (Å²) in [6.45, 7) is 0. The molecule has 0 aliphatic carbocycles. The lowest BCUT2D eigenvalue weighted by atomic mass is 10.0. The second kappa shape index (κ2) is 10.6. The van der Waals surface area contributed by atoms with Crippen molar-refractivity contribution in [3.8, 4) is 28.3 Å². The average molecular weight is 701 g/mol. The van der Waals surface area contributed by atoms with Crippen LogP contribution in [0, 0.1) is 0 Å². The van der Waals surface area contributed by atoms with Gasteiger partial charge < -0.3 is 8.82 Å². The topological polar surface area (TPSA) is 48.3 Å². The number of benzene rings is 8. The number of nitrogens with zero attached hydrogens (tertiary/aromatic N) is 4. The van der Waals surface area contributed by atoms with Gasteiger partial charge in [-0.3, -0.25) is 4.57 Å². The van der Waals surface area contributed by atoms with Crippen molar-refractivity contribution in [1.29, 1.82) is 0 Å². The van der Waals surface area contributed by atoms with Crippen LogP contribution in [0.2, 0.25) is 0 Å². The molecule has 8 aromatic carbocycles. The van der Waals surface area contributed by atoms with Crippen LogP contribution >= 0.6 is 0 Å². The molecule has 13 rings (SSSR count). The summed E-state index contributed by atoms with van der Waals surface area (Å²) in [7, 11) is 0. The molecule has 0 atom stereocenters. The van der Waals surface area contributed by atoms with E-state index in [-0.39, 0.29) is 0 Å². The van der Waals surface area contributed by atoms with Crippen molar-refractivity contribution in [3.63, 3.8) is 0 Å². The van der Waals surface area contributed by atoms with Crippen LogP contribution in [0.3, 0.4) is 0 Å². The highest BCUT2D eigenvalue weighted by molar-refractivity contribution is 6.36. The van der Waals surface area contributed by atoms with E-state index in [0.717, 1.165) is 44.3 Å². The summed E-state index contributed by atoms with van der Waals surface area (Å²) < 4.78 is 11.5. The minimum absolute atomic E-state index is 0.567. The lowest BCUT2D eigenvalue weighted by molar-refractivity contribution is 0.653. The second-order valence-corrected chi connectivity index (χ2v) is 14.5. The maximum atomic E-state index is 6.58. The molecule has 5 heterocycles. The number of para-hydroxylation sites is 3. The third-order valence-corrected chi connectivity index (χ3v) is 11.7. The number of aromatic nitrogens is 4. The molecule has 254 valence electrons. The molecule has 0 aliphatic heterocycles. The first-order chi connectivity index (χ1) is 27.3. The van der Waals surface area contributed by atoms with Gasteiger partial charge in [-0.05, 0) is 40.8 Å². The standard InChI is InChI=1S/C50H28N4O/c1-2-12-29(13-3-1)30-22-24-32(25-23-30)48-51-49(44-37-18-8-11-21-42(37)55-50(44)52-48)54-40-19-9-6-16-34(40)38-28-39-35-27-26-31-14-4-5-15-33(31)45(35)53-41-20-10-7-17-36(41)43(46(39)53)47(38)54/h1-28H. The second-order valence-electron chi connectivity index (χ2n) is 14.5. The molecule has 0 aliphatic rings. The van der Waals surface area contributed by atoms with Gasteiger partial charge >= 0.3 is 0 Å². The van der Waals surface area contributed by atoms with E-state index in [9.17, 15) is 0 Å². The molecule has 0 bridgehead atoms. The van der Waals surface area contributed by atoms with Gasteiger partial charge in [0.25, 0.3) is 0 Å². The van der Waals surface area contributed by atoms with Crippen LogP contribution in [0.1, 0.15) is 0 Å². The molecule has 5 heteroatoms. The van der Waals surface area contributed by atoms with Gasteiger partial charge in [0.15, 0.2) is 11.6 Å². The SMILES string of the molecule is c1ccc(-c2ccc(-c3nc(-n4c5ccccc5c5cc6c7ccc8ccccc8c7n7c8ccccc8c(c54)c67)c4c(n3)oc3ccccc34)cc2)cc1. The van der Waals surface area contributed by atoms with Gasteiger partial charge in [-0.1, -0.05) is 146 Å². The third kappa shape index (κ3) is 3.81. The first-order valence-electron chi connectivity index (χ1n) is 18.7. The number of hydrogen-bond donors (Lipinski definition) is 0. The highest BCUT2D eigenvalue weighted by atomic mass is 16.3. The molecule has 5 aromatic heterocycles. The molecular formula is C50H28N4O. The van der Waals surface area contributed by atoms with Crippen molar-refractivity contribution >= 4 is 92.7 Å². The molecule has 0 fully saturated rings. The van der Waals surface area contributed by atoms with Crippen LogP contribution in [0.25, 0.3) is 121 Å². The van der Waals surface area contributed by atoms with Crippen LogP contribution in [-0.2, 0) is 0 Å². The Morgan fingerprint density at radius 3 is 1.91 bits per heavy atom. The summed E-state index contributed by atoms with van der Waals surface area (Å²) in [5.74, 6) is 1.42. The zero-order valence-electron chi connectivity index (χ0n) is 29.4. The first kappa shape index (κ1) is 29.0. The van der Waals surface area contributed by atoms with Gasteiger partial charge in [0.1, 0.15) is 5.58 Å². The predicted molar refractivity (Wildman–Crippen MR) is 227 cm³/mol. The van der Waals surface area contributed by atoms with Crippen molar-refractivity contribution in [3.05, 3.63) is 170 Å². The van der Waals surface area contributed by atoms with Crippen molar-refractivity contribution in [2.45, 2.75) is 0 Å². The van der Waals surface area contributed by atoms with Crippen LogP contribution < -0.4 is 0 Å². The van der Waals surface area contributed by atoms with Gasteiger partial charge in [-0.2, -0.15) is 4.98 Å². The fraction of sp³-hybridized carbons (Fsp3) is 0. The zero-order valence-corrected chi connectivity index (χ0v) is 29.4. The lowest BCUT2D eigenvalue weighted by Gasteiger charge is -2.12. The predicted octanol–water partition coefficient (Wildman–Crippen LogP) is 13.1. The van der Waals surface area contributed by atoms with E-state index < -0.39 is 0 Å². The molecule has 0 saturated carbocycles. The van der Waals surface area contributed by atoms with Gasteiger partial charge in [-0.25, -0.2) is 4.98 Å². The Hall–Kier alpha value is -7.50. The summed E-state index contributed by atoms with van der Waals surface area (Å²) in [6.07, 6.45) is 0. The molecule has 0 unspecified atom stereocenters. The Morgan fingerprint density at radius 1 is 0.400 bits per heavy atom. The summed E-state index contributed by atoms with van der Waals surface area (Å²) in [4.78, 5) is 10.7. The van der Waals surface area contributed by atoms with Crippen LogP contribution in [0.5, 0.6) is 0 Å². The lowest BCUT2D eigenvalue weighted by Crippen LogP contribution is -2.02. The van der Waals surface area contributed by atoms with E-state index in [1.807, 2.05) is 18.2 Å². The van der Waals surface area contributed by atoms with Gasteiger partial charge in [0, 0.05) is 48.7 Å². The molecule has 55 heavy (non-hydrogen) atoms. The van der Waals surface area contributed by atoms with Gasteiger partial charge in [0.05, 0.1) is 33.0 Å². The van der Waals surface area contributed by atoms with E-state index in [1.165, 1.54) is 65.2 Å². The molecule has 0 N–H and O–H groups in total. The van der Waals surface area contributed by atoms with E-state index in [0.29, 0.717) is 11.5 Å². The van der Waals surface area contributed by atoms with E-state index >= 15 is 0 Å². The molecule has 0 spiro atoms. The summed E-state index contributed by atoms with van der Waals surface area (Å²) in [5.41, 5.74) is 10.5. The van der Waals surface area contributed by atoms with Crippen molar-refractivity contribution in [2.24, 2.45) is 0 Å². The van der Waals surface area contributed by atoms with Crippen LogP contribution in [0.4, 0.5) is 0 Å². The Morgan fingerprint density at radius 2 is 1.05 bits per heavy atom. The first-order valence-corrected chi connectivity index (χ1v) is 18.7. The van der Waals surface area contributed by atoms with E-state index in [1.54, 1.807) is 0 Å². The highest BCUT2D eigenvalue weighted by Crippen LogP contribution is 2.48. The zero-order chi connectivity index (χ0) is 35.8. The molecular weight excluding hydrogens is 673 g/mol.